The molecular weight excluding hydrogens is 222 g/mol. The van der Waals surface area contributed by atoms with E-state index >= 15 is 0 Å². The van der Waals surface area contributed by atoms with Crippen LogP contribution in [-0.2, 0) is 0 Å². The van der Waals surface area contributed by atoms with E-state index in [2.05, 4.69) is 50.0 Å². The molecule has 1 fully saturated rings. The Balaban J connectivity index is 2.47. The monoisotopic (exact) mass is 255 g/mol. The van der Waals surface area contributed by atoms with E-state index in [-0.39, 0.29) is 0 Å². The summed E-state index contributed by atoms with van der Waals surface area (Å²) in [5, 5.41) is 3.56. The number of piperidine rings is 1. The summed E-state index contributed by atoms with van der Waals surface area (Å²) in [5.74, 6) is 0.757. The fraction of sp³-hybridized carbons (Fsp3) is 1.00. The van der Waals surface area contributed by atoms with Crippen molar-refractivity contribution >= 4 is 0 Å². The molecule has 3 nitrogen and oxygen atoms in total. The van der Waals surface area contributed by atoms with Gasteiger partial charge in [-0.2, -0.15) is 0 Å². The highest BCUT2D eigenvalue weighted by molar-refractivity contribution is 4.84. The molecule has 0 aromatic heterocycles. The molecule has 0 aliphatic carbocycles. The second kappa shape index (κ2) is 7.46. The van der Waals surface area contributed by atoms with Gasteiger partial charge in [-0.1, -0.05) is 20.8 Å². The second-order valence-electron chi connectivity index (χ2n) is 7.02. The largest absolute Gasteiger partial charge is 0.316 e. The molecule has 1 heterocycles. The summed E-state index contributed by atoms with van der Waals surface area (Å²) in [6.07, 6.45) is 2.70. The molecule has 1 unspecified atom stereocenters. The molecule has 1 aliphatic rings. The van der Waals surface area contributed by atoms with Gasteiger partial charge in [-0.3, -0.25) is 0 Å². The Morgan fingerprint density at radius 3 is 2.44 bits per heavy atom. The maximum atomic E-state index is 3.56. The number of hydrogen-bond acceptors (Lipinski definition) is 3. The molecule has 1 saturated heterocycles. The van der Waals surface area contributed by atoms with E-state index in [4.69, 9.17) is 0 Å². The van der Waals surface area contributed by atoms with Gasteiger partial charge in [0, 0.05) is 32.7 Å². The van der Waals surface area contributed by atoms with Gasteiger partial charge < -0.3 is 15.1 Å². The summed E-state index contributed by atoms with van der Waals surface area (Å²) in [6, 6.07) is 0. The van der Waals surface area contributed by atoms with Crippen molar-refractivity contribution in [2.45, 2.75) is 33.6 Å². The van der Waals surface area contributed by atoms with Gasteiger partial charge in [0.1, 0.15) is 0 Å². The van der Waals surface area contributed by atoms with Crippen molar-refractivity contribution in [2.75, 3.05) is 53.4 Å². The maximum Gasteiger partial charge on any atom is 0.0109 e. The van der Waals surface area contributed by atoms with E-state index in [1.54, 1.807) is 0 Å². The maximum absolute atomic E-state index is 3.56. The van der Waals surface area contributed by atoms with Gasteiger partial charge in [0.05, 0.1) is 0 Å². The highest BCUT2D eigenvalue weighted by Crippen LogP contribution is 2.26. The van der Waals surface area contributed by atoms with Gasteiger partial charge in [-0.25, -0.2) is 0 Å². The molecule has 0 amide bonds. The van der Waals surface area contributed by atoms with E-state index in [9.17, 15) is 0 Å². The number of hydrogen-bond donors (Lipinski definition) is 1. The van der Waals surface area contributed by atoms with Crippen LogP contribution in [0.1, 0.15) is 33.6 Å². The Hall–Kier alpha value is -0.120. The minimum absolute atomic E-state index is 0.472. The highest BCUT2D eigenvalue weighted by atomic mass is 15.2. The van der Waals surface area contributed by atoms with Crippen LogP contribution >= 0.6 is 0 Å². The topological polar surface area (TPSA) is 18.5 Å². The van der Waals surface area contributed by atoms with Crippen molar-refractivity contribution in [1.82, 2.24) is 15.1 Å². The fourth-order valence-corrected chi connectivity index (χ4v) is 2.89. The molecule has 3 heteroatoms. The molecule has 0 bridgehead atoms. The van der Waals surface area contributed by atoms with Crippen molar-refractivity contribution in [3.05, 3.63) is 0 Å². The highest BCUT2D eigenvalue weighted by Gasteiger charge is 2.29. The molecule has 1 rings (SSSR count). The minimum atomic E-state index is 0.472. The van der Waals surface area contributed by atoms with Gasteiger partial charge in [-0.05, 0) is 44.8 Å². The number of nitrogens with one attached hydrogen (secondary N) is 1. The first-order chi connectivity index (χ1) is 8.41. The van der Waals surface area contributed by atoms with Gasteiger partial charge in [0.15, 0.2) is 0 Å². The van der Waals surface area contributed by atoms with Crippen molar-refractivity contribution in [1.29, 1.82) is 0 Å². The lowest BCUT2D eigenvalue weighted by Gasteiger charge is -2.39. The van der Waals surface area contributed by atoms with E-state index in [1.165, 1.54) is 45.6 Å². The number of likely N-dealkylation sites (N-methyl/N-ethyl adjacent to an activating group) is 1. The minimum Gasteiger partial charge on any atom is -0.316 e. The van der Waals surface area contributed by atoms with Crippen molar-refractivity contribution in [3.8, 4) is 0 Å². The van der Waals surface area contributed by atoms with Crippen LogP contribution in [0.5, 0.6) is 0 Å². The fourth-order valence-electron chi connectivity index (χ4n) is 2.89. The average molecular weight is 255 g/mol. The summed E-state index contributed by atoms with van der Waals surface area (Å²) >= 11 is 0. The van der Waals surface area contributed by atoms with Crippen molar-refractivity contribution in [2.24, 2.45) is 11.3 Å². The summed E-state index contributed by atoms with van der Waals surface area (Å²) in [7, 11) is 4.33. The second-order valence-corrected chi connectivity index (χ2v) is 7.02. The van der Waals surface area contributed by atoms with Gasteiger partial charge in [0.2, 0.25) is 0 Å². The first kappa shape index (κ1) is 15.9. The van der Waals surface area contributed by atoms with E-state index in [0.29, 0.717) is 5.41 Å². The number of nitrogens with zero attached hydrogens (tertiary/aromatic N) is 2. The molecule has 108 valence electrons. The van der Waals surface area contributed by atoms with Crippen LogP contribution in [0.3, 0.4) is 0 Å². The lowest BCUT2D eigenvalue weighted by Crippen LogP contribution is -2.47. The van der Waals surface area contributed by atoms with Crippen LogP contribution in [0.15, 0.2) is 0 Å². The molecule has 1 aliphatic heterocycles. The predicted octanol–water partition coefficient (Wildman–Crippen LogP) is 1.90. The molecule has 1 N–H and O–H groups in total. The average Bonchev–Trinajstić information content (AvgIpc) is 2.25. The predicted molar refractivity (Wildman–Crippen MR) is 80.0 cm³/mol. The molecule has 0 aromatic carbocycles. The molecule has 0 spiro atoms. The Morgan fingerprint density at radius 2 is 1.94 bits per heavy atom. The standard InChI is InChI=1S/C15H33N3/c1-14(2)11-18(10-9-17(4)5)13-15(3)7-6-8-16-12-15/h14,16H,6-13H2,1-5H3. The molecule has 18 heavy (non-hydrogen) atoms. The zero-order valence-electron chi connectivity index (χ0n) is 13.1. The Bertz CT molecular complexity index is 220. The lowest BCUT2D eigenvalue weighted by atomic mass is 9.82. The van der Waals surface area contributed by atoms with Gasteiger partial charge in [0.25, 0.3) is 0 Å². The molecule has 0 aromatic rings. The lowest BCUT2D eigenvalue weighted by molar-refractivity contribution is 0.116. The quantitative estimate of drug-likeness (QED) is 0.749. The van der Waals surface area contributed by atoms with Crippen LogP contribution in [0.2, 0.25) is 0 Å². The summed E-state index contributed by atoms with van der Waals surface area (Å²) in [4.78, 5) is 4.95. The zero-order valence-corrected chi connectivity index (χ0v) is 13.1. The van der Waals surface area contributed by atoms with Crippen molar-refractivity contribution < 1.29 is 0 Å². The van der Waals surface area contributed by atoms with E-state index in [0.717, 1.165) is 12.5 Å². The Morgan fingerprint density at radius 1 is 1.22 bits per heavy atom. The van der Waals surface area contributed by atoms with Crippen LogP contribution in [0.4, 0.5) is 0 Å². The summed E-state index contributed by atoms with van der Waals surface area (Å²) in [5.41, 5.74) is 0.472. The van der Waals surface area contributed by atoms with Gasteiger partial charge in [-0.15, -0.1) is 0 Å². The van der Waals surface area contributed by atoms with Crippen LogP contribution in [-0.4, -0.2) is 63.2 Å². The third kappa shape index (κ3) is 6.17. The Labute approximate surface area is 114 Å². The molecule has 1 atom stereocenters. The van der Waals surface area contributed by atoms with Gasteiger partial charge >= 0.3 is 0 Å². The zero-order chi connectivity index (χ0) is 13.6. The van der Waals surface area contributed by atoms with Crippen LogP contribution < -0.4 is 5.32 Å². The summed E-state index contributed by atoms with van der Waals surface area (Å²) in [6.45, 7) is 14.3. The Kier molecular flexibility index (Phi) is 6.61. The van der Waals surface area contributed by atoms with Crippen LogP contribution in [0, 0.1) is 11.3 Å². The molecule has 0 saturated carbocycles. The third-order valence-electron chi connectivity index (χ3n) is 3.78. The SMILES string of the molecule is CC(C)CN(CCN(C)C)CC1(C)CCCNC1. The molecular formula is C15H33N3. The van der Waals surface area contributed by atoms with E-state index < -0.39 is 0 Å². The molecule has 0 radical (unpaired) electrons. The first-order valence-corrected chi connectivity index (χ1v) is 7.49. The number of rotatable bonds is 7. The first-order valence-electron chi connectivity index (χ1n) is 7.49. The van der Waals surface area contributed by atoms with E-state index in [1.807, 2.05) is 0 Å². The van der Waals surface area contributed by atoms with Crippen LogP contribution in [0.25, 0.3) is 0 Å². The normalized spacial score (nSPS) is 25.3. The third-order valence-corrected chi connectivity index (χ3v) is 3.78. The summed E-state index contributed by atoms with van der Waals surface area (Å²) < 4.78 is 0. The van der Waals surface area contributed by atoms with Crippen molar-refractivity contribution in [3.63, 3.8) is 0 Å². The smallest absolute Gasteiger partial charge is 0.0109 e.